The van der Waals surface area contributed by atoms with Gasteiger partial charge in [0.25, 0.3) is 0 Å². The number of aliphatic hydroxyl groups is 1. The number of aliphatic hydroxyl groups excluding tert-OH is 1. The number of carbonyl (C=O) groups is 1. The Morgan fingerprint density at radius 1 is 1.35 bits per heavy atom. The van der Waals surface area contributed by atoms with Crippen LogP contribution in [0.25, 0.3) is 0 Å². The molecule has 5 nitrogen and oxygen atoms in total. The number of nitrogens with zero attached hydrogens (tertiary/aromatic N) is 2. The van der Waals surface area contributed by atoms with Crippen molar-refractivity contribution < 1.29 is 19.4 Å². The van der Waals surface area contributed by atoms with E-state index in [1.165, 1.54) is 23.1 Å². The maximum Gasteiger partial charge on any atom is 0.407 e. The van der Waals surface area contributed by atoms with Gasteiger partial charge >= 0.3 is 6.09 Å². The lowest BCUT2D eigenvalue weighted by Gasteiger charge is -2.34. The van der Waals surface area contributed by atoms with Crippen molar-refractivity contribution in [3.63, 3.8) is 0 Å². The highest BCUT2D eigenvalue weighted by atomic mass is 35.5. The lowest BCUT2D eigenvalue weighted by Crippen LogP contribution is -2.49. The topological polar surface area (TPSA) is 64.0 Å². The third-order valence-corrected chi connectivity index (χ3v) is 3.69. The van der Waals surface area contributed by atoms with Crippen molar-refractivity contribution in [2.45, 2.75) is 6.10 Å². The number of halogens is 2. The average molecular weight is 303 g/mol. The van der Waals surface area contributed by atoms with E-state index in [9.17, 15) is 14.3 Å². The Hall–Kier alpha value is -1.37. The molecule has 1 amide bonds. The zero-order valence-corrected chi connectivity index (χ0v) is 11.6. The van der Waals surface area contributed by atoms with E-state index in [4.69, 9.17) is 16.7 Å². The lowest BCUT2D eigenvalue weighted by atomic mass is 10.1. The number of piperazine rings is 1. The van der Waals surface area contributed by atoms with Gasteiger partial charge in [-0.25, -0.2) is 9.18 Å². The third-order valence-electron chi connectivity index (χ3n) is 3.40. The molecule has 1 atom stereocenters. The minimum atomic E-state index is -0.921. The van der Waals surface area contributed by atoms with Crippen LogP contribution in [0.5, 0.6) is 0 Å². The molecule has 110 valence electrons. The molecular weight excluding hydrogens is 287 g/mol. The van der Waals surface area contributed by atoms with Crippen molar-refractivity contribution in [2.24, 2.45) is 0 Å². The molecule has 1 aromatic rings. The summed E-state index contributed by atoms with van der Waals surface area (Å²) in [6.45, 7) is 2.35. The predicted octanol–water partition coefficient (Wildman–Crippen LogP) is 1.81. The lowest BCUT2D eigenvalue weighted by molar-refractivity contribution is 0.0696. The van der Waals surface area contributed by atoms with Gasteiger partial charge < -0.3 is 15.1 Å². The summed E-state index contributed by atoms with van der Waals surface area (Å²) in [7, 11) is 0. The molecule has 1 heterocycles. The second-order valence-electron chi connectivity index (χ2n) is 4.76. The molecule has 2 N–H and O–H groups in total. The average Bonchev–Trinajstić information content (AvgIpc) is 2.42. The van der Waals surface area contributed by atoms with Gasteiger partial charge in [-0.15, -0.1) is 0 Å². The van der Waals surface area contributed by atoms with E-state index in [1.807, 2.05) is 4.90 Å². The molecule has 0 aliphatic carbocycles. The van der Waals surface area contributed by atoms with Crippen molar-refractivity contribution in [1.29, 1.82) is 0 Å². The van der Waals surface area contributed by atoms with E-state index in [-0.39, 0.29) is 5.02 Å². The molecule has 1 aliphatic heterocycles. The number of rotatable bonds is 3. The van der Waals surface area contributed by atoms with Crippen molar-refractivity contribution >= 4 is 17.7 Å². The number of benzene rings is 1. The van der Waals surface area contributed by atoms with Gasteiger partial charge in [0.05, 0.1) is 11.1 Å². The van der Waals surface area contributed by atoms with Gasteiger partial charge in [-0.3, -0.25) is 4.90 Å². The van der Waals surface area contributed by atoms with Crippen LogP contribution in [0.3, 0.4) is 0 Å². The van der Waals surface area contributed by atoms with Gasteiger partial charge in [-0.2, -0.15) is 0 Å². The first-order chi connectivity index (χ1) is 9.47. The smallest absolute Gasteiger partial charge is 0.407 e. The molecule has 2 rings (SSSR count). The van der Waals surface area contributed by atoms with Crippen LogP contribution in [-0.4, -0.2) is 58.8 Å². The van der Waals surface area contributed by atoms with E-state index >= 15 is 0 Å². The molecule has 0 aromatic heterocycles. The second-order valence-corrected chi connectivity index (χ2v) is 5.17. The van der Waals surface area contributed by atoms with Crippen LogP contribution in [0.2, 0.25) is 5.02 Å². The van der Waals surface area contributed by atoms with Crippen LogP contribution >= 0.6 is 11.6 Å². The van der Waals surface area contributed by atoms with Crippen LogP contribution in [-0.2, 0) is 0 Å². The molecular formula is C13H16ClFN2O3. The SMILES string of the molecule is O=C(O)N1CCN(CC(O)c2ccc(F)c(Cl)c2)CC1. The molecule has 0 saturated carbocycles. The zero-order chi connectivity index (χ0) is 14.7. The largest absolute Gasteiger partial charge is 0.465 e. The fourth-order valence-corrected chi connectivity index (χ4v) is 2.38. The quantitative estimate of drug-likeness (QED) is 0.894. The van der Waals surface area contributed by atoms with E-state index in [0.29, 0.717) is 38.3 Å². The highest BCUT2D eigenvalue weighted by molar-refractivity contribution is 6.30. The summed E-state index contributed by atoms with van der Waals surface area (Å²) in [5, 5.41) is 18.9. The summed E-state index contributed by atoms with van der Waals surface area (Å²) < 4.78 is 13.1. The van der Waals surface area contributed by atoms with Gasteiger partial charge in [0, 0.05) is 32.7 Å². The van der Waals surface area contributed by atoms with Crippen molar-refractivity contribution in [1.82, 2.24) is 9.80 Å². The molecule has 1 saturated heterocycles. The monoisotopic (exact) mass is 302 g/mol. The Morgan fingerprint density at radius 3 is 2.55 bits per heavy atom. The van der Waals surface area contributed by atoms with E-state index < -0.39 is 18.0 Å². The Labute approximate surface area is 121 Å². The van der Waals surface area contributed by atoms with Gasteiger partial charge in [0.1, 0.15) is 5.82 Å². The van der Waals surface area contributed by atoms with Crippen molar-refractivity contribution in [2.75, 3.05) is 32.7 Å². The predicted molar refractivity (Wildman–Crippen MR) is 72.4 cm³/mol. The van der Waals surface area contributed by atoms with Crippen molar-refractivity contribution in [3.8, 4) is 0 Å². The van der Waals surface area contributed by atoms with Crippen LogP contribution in [0.1, 0.15) is 11.7 Å². The molecule has 0 bridgehead atoms. The number of hydrogen-bond donors (Lipinski definition) is 2. The summed E-state index contributed by atoms with van der Waals surface area (Å²) in [5.74, 6) is -0.516. The molecule has 0 spiro atoms. The Kier molecular flexibility index (Phi) is 4.80. The van der Waals surface area contributed by atoms with Gasteiger partial charge in [-0.1, -0.05) is 17.7 Å². The summed E-state index contributed by atoms with van der Waals surface area (Å²) >= 11 is 5.68. The first-order valence-corrected chi connectivity index (χ1v) is 6.68. The molecule has 1 aromatic carbocycles. The maximum absolute atomic E-state index is 13.1. The Bertz CT molecular complexity index is 493. The van der Waals surface area contributed by atoms with E-state index in [1.54, 1.807) is 0 Å². The highest BCUT2D eigenvalue weighted by Crippen LogP contribution is 2.22. The molecule has 1 unspecified atom stereocenters. The Morgan fingerprint density at radius 2 is 2.00 bits per heavy atom. The fourth-order valence-electron chi connectivity index (χ4n) is 2.19. The summed E-state index contributed by atoms with van der Waals surface area (Å²) in [6, 6.07) is 4.14. The second kappa shape index (κ2) is 6.39. The summed E-state index contributed by atoms with van der Waals surface area (Å²) in [4.78, 5) is 14.1. The van der Waals surface area contributed by atoms with E-state index in [2.05, 4.69) is 0 Å². The van der Waals surface area contributed by atoms with Crippen molar-refractivity contribution in [3.05, 3.63) is 34.6 Å². The first kappa shape index (κ1) is 15.0. The summed E-state index contributed by atoms with van der Waals surface area (Å²) in [5.41, 5.74) is 0.553. The van der Waals surface area contributed by atoms with Crippen LogP contribution < -0.4 is 0 Å². The third kappa shape index (κ3) is 3.59. The number of carboxylic acid groups (broad SMARTS) is 1. The Balaban J connectivity index is 1.90. The normalized spacial score (nSPS) is 18.1. The minimum Gasteiger partial charge on any atom is -0.465 e. The molecule has 0 radical (unpaired) electrons. The molecule has 1 fully saturated rings. The number of hydrogen-bond acceptors (Lipinski definition) is 3. The molecule has 20 heavy (non-hydrogen) atoms. The maximum atomic E-state index is 13.1. The van der Waals surface area contributed by atoms with Gasteiger partial charge in [0.15, 0.2) is 0 Å². The van der Waals surface area contributed by atoms with E-state index in [0.717, 1.165) is 0 Å². The summed E-state index contributed by atoms with van der Waals surface area (Å²) in [6.07, 6.45) is -1.69. The molecule has 1 aliphatic rings. The van der Waals surface area contributed by atoms with Crippen LogP contribution in [0, 0.1) is 5.82 Å². The zero-order valence-electron chi connectivity index (χ0n) is 10.8. The van der Waals surface area contributed by atoms with Gasteiger partial charge in [-0.05, 0) is 17.7 Å². The standard InChI is InChI=1S/C13H16ClFN2O3/c14-10-7-9(1-2-11(10)15)12(18)8-16-3-5-17(6-4-16)13(19)20/h1-2,7,12,18H,3-6,8H2,(H,19,20). The number of amides is 1. The van der Waals surface area contributed by atoms with Crippen LogP contribution in [0.4, 0.5) is 9.18 Å². The highest BCUT2D eigenvalue weighted by Gasteiger charge is 2.22. The van der Waals surface area contributed by atoms with Crippen LogP contribution in [0.15, 0.2) is 18.2 Å². The first-order valence-electron chi connectivity index (χ1n) is 6.30. The minimum absolute atomic E-state index is 0.0164. The van der Waals surface area contributed by atoms with Gasteiger partial charge in [0.2, 0.25) is 0 Å². The molecule has 7 heteroatoms. The number of β-amino-alcohol motifs (C(OH)–C–C–N with tert-alkyl or cyclic N) is 1. The fraction of sp³-hybridized carbons (Fsp3) is 0.462.